The summed E-state index contributed by atoms with van der Waals surface area (Å²) in [5.74, 6) is 0.110. The summed E-state index contributed by atoms with van der Waals surface area (Å²) >= 11 is 0. The van der Waals surface area contributed by atoms with Gasteiger partial charge in [-0.25, -0.2) is 0 Å². The second kappa shape index (κ2) is 7.20. The first-order valence-corrected chi connectivity index (χ1v) is 8.67. The number of ketones is 1. The fraction of sp³-hybridized carbons (Fsp3) is 0. The summed E-state index contributed by atoms with van der Waals surface area (Å²) in [7, 11) is 0. The molecule has 1 heteroatoms. The number of benzene rings is 3. The molecule has 2 aliphatic carbocycles. The highest BCUT2D eigenvalue weighted by Crippen LogP contribution is 2.37. The molecule has 0 amide bonds. The van der Waals surface area contributed by atoms with Crippen molar-refractivity contribution in [2.75, 3.05) is 0 Å². The molecule has 0 aromatic heterocycles. The molecule has 3 aromatic rings. The zero-order valence-electron chi connectivity index (χ0n) is 14.3. The van der Waals surface area contributed by atoms with Crippen molar-refractivity contribution in [1.82, 2.24) is 0 Å². The maximum absolute atomic E-state index is 11.5. The third-order valence-corrected chi connectivity index (χ3v) is 4.50. The molecule has 0 radical (unpaired) electrons. The van der Waals surface area contributed by atoms with Crippen LogP contribution in [0.1, 0.15) is 11.1 Å². The van der Waals surface area contributed by atoms with Crippen LogP contribution in [-0.4, -0.2) is 5.78 Å². The van der Waals surface area contributed by atoms with E-state index in [1.165, 1.54) is 16.7 Å². The highest BCUT2D eigenvalue weighted by molar-refractivity contribution is 6.23. The number of carbonyl (C=O) groups excluding carboxylic acids is 1. The SMILES string of the molecule is O=C1C=CC=C2C1=Cc1ccccc12.c1ccc(-c2ccccc2)cc1. The minimum absolute atomic E-state index is 0.110. The molecule has 0 heterocycles. The molecule has 0 bridgehead atoms. The first kappa shape index (κ1) is 16.0. The molecule has 0 saturated heterocycles. The van der Waals surface area contributed by atoms with Crippen molar-refractivity contribution >= 4 is 17.4 Å². The minimum Gasteiger partial charge on any atom is -0.289 e. The average molecular weight is 334 g/mol. The van der Waals surface area contributed by atoms with Crippen LogP contribution >= 0.6 is 0 Å². The maximum atomic E-state index is 11.5. The minimum atomic E-state index is 0.110. The third-order valence-electron chi connectivity index (χ3n) is 4.50. The number of hydrogen-bond donors (Lipinski definition) is 0. The van der Waals surface area contributed by atoms with E-state index < -0.39 is 0 Å². The Morgan fingerprint density at radius 1 is 0.577 bits per heavy atom. The van der Waals surface area contributed by atoms with Crippen LogP contribution in [0.5, 0.6) is 0 Å². The van der Waals surface area contributed by atoms with E-state index in [1.807, 2.05) is 48.6 Å². The maximum Gasteiger partial charge on any atom is 0.186 e. The Morgan fingerprint density at radius 2 is 1.15 bits per heavy atom. The van der Waals surface area contributed by atoms with Gasteiger partial charge in [0, 0.05) is 5.57 Å². The fourth-order valence-electron chi connectivity index (χ4n) is 3.21. The molecule has 0 atom stereocenters. The van der Waals surface area contributed by atoms with E-state index in [1.54, 1.807) is 6.08 Å². The van der Waals surface area contributed by atoms with E-state index in [4.69, 9.17) is 0 Å². The Labute approximate surface area is 153 Å². The zero-order chi connectivity index (χ0) is 17.8. The molecule has 0 saturated carbocycles. The molecule has 2 aliphatic rings. The summed E-state index contributed by atoms with van der Waals surface area (Å²) in [6.07, 6.45) is 7.39. The average Bonchev–Trinajstić information content (AvgIpc) is 3.10. The number of fused-ring (bicyclic) bond motifs is 3. The summed E-state index contributed by atoms with van der Waals surface area (Å²) in [5, 5.41) is 0. The van der Waals surface area contributed by atoms with Crippen LogP contribution in [0.2, 0.25) is 0 Å². The highest BCUT2D eigenvalue weighted by Gasteiger charge is 2.23. The summed E-state index contributed by atoms with van der Waals surface area (Å²) < 4.78 is 0. The van der Waals surface area contributed by atoms with E-state index in [2.05, 4.69) is 54.6 Å². The third kappa shape index (κ3) is 3.20. The van der Waals surface area contributed by atoms with Crippen LogP contribution in [0.3, 0.4) is 0 Å². The van der Waals surface area contributed by atoms with E-state index in [0.29, 0.717) is 0 Å². The van der Waals surface area contributed by atoms with Crippen LogP contribution < -0.4 is 0 Å². The lowest BCUT2D eigenvalue weighted by Crippen LogP contribution is -2.00. The number of hydrogen-bond acceptors (Lipinski definition) is 1. The van der Waals surface area contributed by atoms with E-state index in [-0.39, 0.29) is 5.78 Å². The molecule has 0 unspecified atom stereocenters. The number of allylic oxidation sites excluding steroid dienone is 5. The van der Waals surface area contributed by atoms with Gasteiger partial charge in [-0.3, -0.25) is 4.79 Å². The summed E-state index contributed by atoms with van der Waals surface area (Å²) in [6, 6.07) is 28.9. The van der Waals surface area contributed by atoms with Gasteiger partial charge in [0.15, 0.2) is 5.78 Å². The summed E-state index contributed by atoms with van der Waals surface area (Å²) in [4.78, 5) is 11.5. The molecule has 26 heavy (non-hydrogen) atoms. The van der Waals surface area contributed by atoms with Gasteiger partial charge in [-0.05, 0) is 40.0 Å². The molecular weight excluding hydrogens is 316 g/mol. The van der Waals surface area contributed by atoms with Crippen molar-refractivity contribution in [1.29, 1.82) is 0 Å². The first-order chi connectivity index (χ1) is 12.8. The number of carbonyl (C=O) groups is 1. The topological polar surface area (TPSA) is 17.1 Å². The van der Waals surface area contributed by atoms with Crippen molar-refractivity contribution in [2.45, 2.75) is 0 Å². The van der Waals surface area contributed by atoms with E-state index in [0.717, 1.165) is 16.7 Å². The molecule has 0 spiro atoms. The largest absolute Gasteiger partial charge is 0.289 e. The summed E-state index contributed by atoms with van der Waals surface area (Å²) in [6.45, 7) is 0. The molecule has 0 aliphatic heterocycles. The van der Waals surface area contributed by atoms with Crippen molar-refractivity contribution in [3.05, 3.63) is 120 Å². The van der Waals surface area contributed by atoms with Gasteiger partial charge in [-0.1, -0.05) is 97.1 Å². The number of rotatable bonds is 1. The molecular formula is C25H18O. The molecule has 1 nitrogen and oxygen atoms in total. The first-order valence-electron chi connectivity index (χ1n) is 8.67. The van der Waals surface area contributed by atoms with Crippen LogP contribution in [0.25, 0.3) is 22.8 Å². The van der Waals surface area contributed by atoms with Gasteiger partial charge in [0.05, 0.1) is 0 Å². The standard InChI is InChI=1S/C13H8O.C12H10/c14-13-7-3-6-11-10-5-2-1-4-9(10)8-12(11)13;1-3-7-11(8-4-1)12-9-5-2-6-10-12/h1-8H;1-10H. The van der Waals surface area contributed by atoms with Crippen LogP contribution in [0.4, 0.5) is 0 Å². The lowest BCUT2D eigenvalue weighted by molar-refractivity contribution is -0.110. The Kier molecular flexibility index (Phi) is 4.44. The van der Waals surface area contributed by atoms with Crippen LogP contribution in [0, 0.1) is 0 Å². The van der Waals surface area contributed by atoms with Crippen LogP contribution in [0.15, 0.2) is 109 Å². The van der Waals surface area contributed by atoms with Gasteiger partial charge in [0.25, 0.3) is 0 Å². The van der Waals surface area contributed by atoms with Gasteiger partial charge in [-0.2, -0.15) is 0 Å². The predicted octanol–water partition coefficient (Wildman–Crippen LogP) is 5.96. The predicted molar refractivity (Wildman–Crippen MR) is 108 cm³/mol. The molecule has 0 fully saturated rings. The quantitative estimate of drug-likeness (QED) is 0.536. The van der Waals surface area contributed by atoms with Gasteiger partial charge in [0.2, 0.25) is 0 Å². The molecule has 3 aromatic carbocycles. The van der Waals surface area contributed by atoms with Crippen molar-refractivity contribution in [3.8, 4) is 11.1 Å². The Bertz CT molecular complexity index is 985. The molecule has 0 N–H and O–H groups in total. The fourth-order valence-corrected chi connectivity index (χ4v) is 3.21. The van der Waals surface area contributed by atoms with Crippen molar-refractivity contribution < 1.29 is 4.79 Å². The normalized spacial score (nSPS) is 13.8. The van der Waals surface area contributed by atoms with Crippen molar-refractivity contribution in [3.63, 3.8) is 0 Å². The molecule has 124 valence electrons. The smallest absolute Gasteiger partial charge is 0.186 e. The van der Waals surface area contributed by atoms with Crippen molar-refractivity contribution in [2.24, 2.45) is 0 Å². The lowest BCUT2D eigenvalue weighted by Gasteiger charge is -2.06. The van der Waals surface area contributed by atoms with Gasteiger partial charge >= 0.3 is 0 Å². The molecule has 5 rings (SSSR count). The Hall–Kier alpha value is -3.45. The summed E-state index contributed by atoms with van der Waals surface area (Å²) in [5.41, 5.74) is 6.75. The van der Waals surface area contributed by atoms with Gasteiger partial charge in [-0.15, -0.1) is 0 Å². The van der Waals surface area contributed by atoms with Gasteiger partial charge in [0.1, 0.15) is 0 Å². The Morgan fingerprint density at radius 3 is 1.81 bits per heavy atom. The highest BCUT2D eigenvalue weighted by atomic mass is 16.1. The zero-order valence-corrected chi connectivity index (χ0v) is 14.3. The monoisotopic (exact) mass is 334 g/mol. The van der Waals surface area contributed by atoms with E-state index >= 15 is 0 Å². The second-order valence-corrected chi connectivity index (χ2v) is 6.18. The lowest BCUT2D eigenvalue weighted by atomic mass is 9.96. The second-order valence-electron chi connectivity index (χ2n) is 6.18. The van der Waals surface area contributed by atoms with E-state index in [9.17, 15) is 4.79 Å². The van der Waals surface area contributed by atoms with Gasteiger partial charge < -0.3 is 0 Å². The Balaban J connectivity index is 0.000000131. The van der Waals surface area contributed by atoms with Crippen LogP contribution in [-0.2, 0) is 4.79 Å².